The monoisotopic (exact) mass is 337 g/mol. The maximum Gasteiger partial charge on any atom is 0.285 e. The summed E-state index contributed by atoms with van der Waals surface area (Å²) in [6.45, 7) is 1.60. The summed E-state index contributed by atoms with van der Waals surface area (Å²) in [5.74, 6) is 0.276. The van der Waals surface area contributed by atoms with Crippen molar-refractivity contribution in [3.63, 3.8) is 0 Å². The predicted molar refractivity (Wildman–Crippen MR) is 82.4 cm³/mol. The van der Waals surface area contributed by atoms with Crippen LogP contribution in [0, 0.1) is 0 Å². The Bertz CT molecular complexity index is 833. The number of imidazole rings is 1. The van der Waals surface area contributed by atoms with Crippen molar-refractivity contribution in [1.82, 2.24) is 19.1 Å². The molecule has 24 heavy (non-hydrogen) atoms. The summed E-state index contributed by atoms with van der Waals surface area (Å²) >= 11 is 0. The van der Waals surface area contributed by atoms with Gasteiger partial charge in [0.05, 0.1) is 19.0 Å². The van der Waals surface area contributed by atoms with Crippen LogP contribution in [0.5, 0.6) is 0 Å². The van der Waals surface area contributed by atoms with Gasteiger partial charge in [0.1, 0.15) is 18.6 Å². The Hall–Kier alpha value is -2.01. The van der Waals surface area contributed by atoms with Crippen LogP contribution in [0.1, 0.15) is 32.2 Å². The molecule has 10 nitrogen and oxygen atoms in total. The molecule has 4 rings (SSSR count). The minimum Gasteiger partial charge on any atom is -0.394 e. The van der Waals surface area contributed by atoms with Crippen molar-refractivity contribution in [3.05, 3.63) is 16.7 Å². The van der Waals surface area contributed by atoms with E-state index >= 15 is 0 Å². The highest BCUT2D eigenvalue weighted by atomic mass is 16.5. The Morgan fingerprint density at radius 3 is 2.92 bits per heavy atom. The van der Waals surface area contributed by atoms with E-state index in [2.05, 4.69) is 15.3 Å². The van der Waals surface area contributed by atoms with E-state index in [0.717, 1.165) is 0 Å². The summed E-state index contributed by atoms with van der Waals surface area (Å²) in [5.41, 5.74) is 0.00781. The van der Waals surface area contributed by atoms with Crippen LogP contribution in [0.25, 0.3) is 11.2 Å². The third-order valence-corrected chi connectivity index (χ3v) is 4.56. The van der Waals surface area contributed by atoms with Crippen LogP contribution in [0.15, 0.2) is 11.1 Å². The number of ether oxygens (including phenoxy) is 1. The van der Waals surface area contributed by atoms with Gasteiger partial charge < -0.3 is 25.4 Å². The average Bonchev–Trinajstić information content (AvgIpc) is 3.09. The first-order chi connectivity index (χ1) is 11.5. The number of nitrogens with zero attached hydrogens (tertiary/aromatic N) is 4. The van der Waals surface area contributed by atoms with Gasteiger partial charge >= 0.3 is 0 Å². The van der Waals surface area contributed by atoms with Crippen LogP contribution < -0.4 is 10.9 Å². The van der Waals surface area contributed by atoms with E-state index in [1.165, 1.54) is 10.9 Å². The molecule has 0 aliphatic carbocycles. The molecule has 0 amide bonds. The summed E-state index contributed by atoms with van der Waals surface area (Å²) in [6, 6.07) is -0.0240. The van der Waals surface area contributed by atoms with Gasteiger partial charge in [-0.15, -0.1) is 0 Å². The van der Waals surface area contributed by atoms with Crippen LogP contribution in [0.4, 0.5) is 5.95 Å². The number of hydrogen-bond acceptors (Lipinski definition) is 8. The van der Waals surface area contributed by atoms with Gasteiger partial charge in [0.15, 0.2) is 11.2 Å². The van der Waals surface area contributed by atoms with E-state index in [0.29, 0.717) is 12.1 Å². The normalized spacial score (nSPS) is 32.8. The Morgan fingerprint density at radius 1 is 1.42 bits per heavy atom. The first-order valence-corrected chi connectivity index (χ1v) is 7.87. The van der Waals surface area contributed by atoms with Crippen LogP contribution >= 0.6 is 0 Å². The number of aliphatic hydroxyl groups is 3. The third-order valence-electron chi connectivity index (χ3n) is 4.56. The lowest BCUT2D eigenvalue weighted by molar-refractivity contribution is -0.0432. The molecule has 0 spiro atoms. The minimum absolute atomic E-state index is 0.0240. The highest BCUT2D eigenvalue weighted by Crippen LogP contribution is 2.31. The summed E-state index contributed by atoms with van der Waals surface area (Å²) in [4.78, 5) is 21.2. The summed E-state index contributed by atoms with van der Waals surface area (Å²) < 4.78 is 8.37. The first kappa shape index (κ1) is 15.5. The molecular weight excluding hydrogens is 318 g/mol. The fourth-order valence-electron chi connectivity index (χ4n) is 3.32. The second-order valence-corrected chi connectivity index (χ2v) is 6.31. The average molecular weight is 337 g/mol. The molecule has 4 N–H and O–H groups in total. The fraction of sp³-hybridized carbons (Fsp3) is 0.643. The van der Waals surface area contributed by atoms with Gasteiger partial charge in [0.2, 0.25) is 5.95 Å². The quantitative estimate of drug-likeness (QED) is 0.544. The van der Waals surface area contributed by atoms with E-state index in [9.17, 15) is 20.1 Å². The van der Waals surface area contributed by atoms with Crippen molar-refractivity contribution in [2.24, 2.45) is 0 Å². The molecule has 0 radical (unpaired) electrons. The highest BCUT2D eigenvalue weighted by Gasteiger charge is 2.36. The second kappa shape index (κ2) is 5.52. The molecule has 0 bridgehead atoms. The van der Waals surface area contributed by atoms with Crippen LogP contribution in [0.3, 0.4) is 0 Å². The molecule has 0 aromatic carbocycles. The summed E-state index contributed by atoms with van der Waals surface area (Å²) in [6.07, 6.45) is -0.891. The molecule has 1 saturated heterocycles. The Balaban J connectivity index is 1.82. The molecule has 1 fully saturated rings. The zero-order valence-corrected chi connectivity index (χ0v) is 13.0. The number of fused-ring (bicyclic) bond motifs is 2. The van der Waals surface area contributed by atoms with Crippen LogP contribution in [-0.4, -0.2) is 59.3 Å². The highest BCUT2D eigenvalue weighted by molar-refractivity contribution is 5.71. The zero-order valence-electron chi connectivity index (χ0n) is 13.0. The topological polar surface area (TPSA) is 135 Å². The largest absolute Gasteiger partial charge is 0.394 e. The standard InChI is InChI=1S/C14H19N5O5/c1-6-2-9(22)19-13(23)11-12(17-14(19)16-6)18(5-15-11)10-3-7(21)8(4-20)24-10/h5-10,20-22H,2-4H2,1H3,(H,16,17)/t6-,7+,8-,9?,10-/m1/s1. The molecular formula is C14H19N5O5. The van der Waals surface area contributed by atoms with Gasteiger partial charge in [0.25, 0.3) is 5.56 Å². The first-order valence-electron chi connectivity index (χ1n) is 7.87. The molecule has 2 aliphatic heterocycles. The van der Waals surface area contributed by atoms with Gasteiger partial charge in [-0.2, -0.15) is 4.98 Å². The van der Waals surface area contributed by atoms with Gasteiger partial charge in [0, 0.05) is 18.9 Å². The molecule has 2 aromatic rings. The van der Waals surface area contributed by atoms with Crippen molar-refractivity contribution < 1.29 is 20.1 Å². The van der Waals surface area contributed by atoms with Crippen molar-refractivity contribution >= 4 is 17.1 Å². The van der Waals surface area contributed by atoms with Gasteiger partial charge in [-0.05, 0) is 6.92 Å². The fourth-order valence-corrected chi connectivity index (χ4v) is 3.32. The lowest BCUT2D eigenvalue weighted by Gasteiger charge is -2.28. The number of hydrogen-bond donors (Lipinski definition) is 4. The zero-order chi connectivity index (χ0) is 17.0. The van der Waals surface area contributed by atoms with E-state index < -0.39 is 30.2 Å². The van der Waals surface area contributed by atoms with Crippen molar-refractivity contribution in [3.8, 4) is 0 Å². The van der Waals surface area contributed by atoms with Gasteiger partial charge in [-0.3, -0.25) is 9.36 Å². The molecule has 0 saturated carbocycles. The molecule has 5 atom stereocenters. The molecule has 10 heteroatoms. The number of nitrogens with one attached hydrogen (secondary N) is 1. The molecule has 130 valence electrons. The van der Waals surface area contributed by atoms with Crippen molar-refractivity contribution in [1.29, 1.82) is 0 Å². The van der Waals surface area contributed by atoms with Crippen molar-refractivity contribution in [2.45, 2.75) is 50.5 Å². The lowest BCUT2D eigenvalue weighted by atomic mass is 10.2. The van der Waals surface area contributed by atoms with E-state index in [1.54, 1.807) is 4.57 Å². The lowest BCUT2D eigenvalue weighted by Crippen LogP contribution is -2.38. The van der Waals surface area contributed by atoms with E-state index in [4.69, 9.17) is 4.74 Å². The van der Waals surface area contributed by atoms with Crippen molar-refractivity contribution in [2.75, 3.05) is 11.9 Å². The van der Waals surface area contributed by atoms with Gasteiger partial charge in [-0.25, -0.2) is 9.55 Å². The molecule has 2 aromatic heterocycles. The molecule has 1 unspecified atom stereocenters. The minimum atomic E-state index is -0.950. The maximum atomic E-state index is 12.6. The molecule has 2 aliphatic rings. The number of rotatable bonds is 2. The Morgan fingerprint density at radius 2 is 2.21 bits per heavy atom. The van der Waals surface area contributed by atoms with E-state index in [-0.39, 0.29) is 30.5 Å². The molecule has 4 heterocycles. The van der Waals surface area contributed by atoms with Crippen LogP contribution in [-0.2, 0) is 4.74 Å². The smallest absolute Gasteiger partial charge is 0.285 e. The number of anilines is 1. The second-order valence-electron chi connectivity index (χ2n) is 6.31. The number of aliphatic hydroxyl groups excluding tert-OH is 3. The predicted octanol–water partition coefficient (Wildman–Crippen LogP) is -1.07. The SMILES string of the molecule is C[C@@H]1CC(O)n2c(nc3c(ncn3[C@H]3C[C@H](O)[C@@H](CO)O3)c2=O)N1. The third kappa shape index (κ3) is 2.22. The maximum absolute atomic E-state index is 12.6. The Labute approximate surface area is 136 Å². The van der Waals surface area contributed by atoms with Crippen LogP contribution in [0.2, 0.25) is 0 Å². The Kier molecular flexibility index (Phi) is 3.57. The summed E-state index contributed by atoms with van der Waals surface area (Å²) in [7, 11) is 0. The van der Waals surface area contributed by atoms with Gasteiger partial charge in [-0.1, -0.05) is 0 Å². The van der Waals surface area contributed by atoms with E-state index in [1.807, 2.05) is 6.92 Å². The summed E-state index contributed by atoms with van der Waals surface area (Å²) in [5, 5.41) is 32.3. The number of aromatic nitrogens is 4.